The van der Waals surface area contributed by atoms with E-state index in [0.29, 0.717) is 18.1 Å². The highest BCUT2D eigenvalue weighted by Crippen LogP contribution is 2.21. The van der Waals surface area contributed by atoms with Crippen molar-refractivity contribution in [2.24, 2.45) is 0 Å². The first kappa shape index (κ1) is 17.1. The molecule has 1 aromatic heterocycles. The lowest BCUT2D eigenvalue weighted by Crippen LogP contribution is -2.31. The van der Waals surface area contributed by atoms with Crippen molar-refractivity contribution in [2.75, 3.05) is 32.5 Å². The molecule has 0 saturated heterocycles. The highest BCUT2D eigenvalue weighted by Gasteiger charge is 2.09. The minimum atomic E-state index is -0.499. The van der Waals surface area contributed by atoms with E-state index in [2.05, 4.69) is 20.6 Å². The van der Waals surface area contributed by atoms with Crippen LogP contribution < -0.4 is 10.6 Å². The minimum Gasteiger partial charge on any atom is -0.349 e. The summed E-state index contributed by atoms with van der Waals surface area (Å²) in [6.45, 7) is 1.25. The lowest BCUT2D eigenvalue weighted by Gasteiger charge is -2.11. The quantitative estimate of drug-likeness (QED) is 0.846. The summed E-state index contributed by atoms with van der Waals surface area (Å²) in [7, 11) is 3.85. The first-order chi connectivity index (χ1) is 11.0. The fourth-order valence-corrected chi connectivity index (χ4v) is 1.94. The molecule has 1 heterocycles. The number of rotatable bonds is 6. The molecule has 2 aromatic rings. The molecule has 0 saturated carbocycles. The van der Waals surface area contributed by atoms with Crippen LogP contribution in [0.2, 0.25) is 5.02 Å². The van der Waals surface area contributed by atoms with Gasteiger partial charge in [-0.3, -0.25) is 4.79 Å². The zero-order chi connectivity index (χ0) is 16.8. The molecule has 0 fully saturated rings. The van der Waals surface area contributed by atoms with Gasteiger partial charge in [0.1, 0.15) is 23.7 Å². The summed E-state index contributed by atoms with van der Waals surface area (Å²) in [5.74, 6) is -0.365. The summed E-state index contributed by atoms with van der Waals surface area (Å²) in [5.41, 5.74) is 0.809. The number of hydrogen-bond acceptors (Lipinski definition) is 5. The molecule has 2 rings (SSSR count). The van der Waals surface area contributed by atoms with Gasteiger partial charge in [0, 0.05) is 24.8 Å². The number of benzene rings is 1. The van der Waals surface area contributed by atoms with Gasteiger partial charge in [-0.25, -0.2) is 14.4 Å². The van der Waals surface area contributed by atoms with Crippen LogP contribution in [0.5, 0.6) is 0 Å². The highest BCUT2D eigenvalue weighted by atomic mass is 35.5. The number of carbonyl (C=O) groups excluding carboxylic acids is 1. The van der Waals surface area contributed by atoms with Crippen molar-refractivity contribution >= 4 is 29.0 Å². The van der Waals surface area contributed by atoms with Gasteiger partial charge in [0.2, 0.25) is 0 Å². The van der Waals surface area contributed by atoms with E-state index in [0.717, 1.165) is 6.54 Å². The van der Waals surface area contributed by atoms with E-state index in [4.69, 9.17) is 11.6 Å². The van der Waals surface area contributed by atoms with E-state index in [-0.39, 0.29) is 16.6 Å². The average Bonchev–Trinajstić information content (AvgIpc) is 2.51. The number of aromatic nitrogens is 2. The molecule has 0 bridgehead atoms. The molecule has 2 N–H and O–H groups in total. The maximum absolute atomic E-state index is 13.1. The van der Waals surface area contributed by atoms with Gasteiger partial charge < -0.3 is 15.5 Å². The number of amides is 1. The summed E-state index contributed by atoms with van der Waals surface area (Å²) in [5, 5.41) is 5.72. The Balaban J connectivity index is 2.04. The van der Waals surface area contributed by atoms with E-state index in [1.54, 1.807) is 0 Å². The predicted octanol–water partition coefficient (Wildman–Crippen LogP) is 2.30. The van der Waals surface area contributed by atoms with Gasteiger partial charge in [0.15, 0.2) is 0 Å². The Hall–Kier alpha value is -2.25. The normalized spacial score (nSPS) is 10.7. The minimum absolute atomic E-state index is 0.00529. The first-order valence-electron chi connectivity index (χ1n) is 6.93. The molecule has 1 amide bonds. The van der Waals surface area contributed by atoms with Crippen LogP contribution >= 0.6 is 11.6 Å². The van der Waals surface area contributed by atoms with E-state index in [9.17, 15) is 9.18 Å². The standard InChI is InChI=1S/C15H17ClFN5O/c1-22(2)6-5-18-15(23)13-8-14(20-9-19-13)21-10-3-4-12(17)11(16)7-10/h3-4,7-9H,5-6H2,1-2H3,(H,18,23)(H,19,20,21). The second kappa shape index (κ2) is 7.85. The fraction of sp³-hybridized carbons (Fsp3) is 0.267. The van der Waals surface area contributed by atoms with Crippen LogP contribution in [0.1, 0.15) is 10.5 Å². The molecule has 0 atom stereocenters. The molecule has 6 nitrogen and oxygen atoms in total. The number of nitrogens with zero attached hydrogens (tertiary/aromatic N) is 3. The molecule has 0 radical (unpaired) electrons. The van der Waals surface area contributed by atoms with Crippen LogP contribution in [0, 0.1) is 5.82 Å². The summed E-state index contributed by atoms with van der Waals surface area (Å²) in [6, 6.07) is 5.74. The zero-order valence-electron chi connectivity index (χ0n) is 12.8. The number of carbonyl (C=O) groups is 1. The third-order valence-corrected chi connectivity index (χ3v) is 3.23. The van der Waals surface area contributed by atoms with Crippen LogP contribution in [0.25, 0.3) is 0 Å². The van der Waals surface area contributed by atoms with Crippen molar-refractivity contribution in [1.29, 1.82) is 0 Å². The summed E-state index contributed by atoms with van der Waals surface area (Å²) in [6.07, 6.45) is 1.29. The Morgan fingerprint density at radius 1 is 1.30 bits per heavy atom. The second-order valence-corrected chi connectivity index (χ2v) is 5.51. The number of halogens is 2. The number of likely N-dealkylation sites (N-methyl/N-ethyl adjacent to an activating group) is 1. The Kier molecular flexibility index (Phi) is 5.84. The second-order valence-electron chi connectivity index (χ2n) is 5.10. The van der Waals surface area contributed by atoms with Crippen molar-refractivity contribution in [3.8, 4) is 0 Å². The van der Waals surface area contributed by atoms with Gasteiger partial charge in [0.25, 0.3) is 5.91 Å². The van der Waals surface area contributed by atoms with Crippen molar-refractivity contribution in [1.82, 2.24) is 20.2 Å². The van der Waals surface area contributed by atoms with Crippen molar-refractivity contribution in [2.45, 2.75) is 0 Å². The van der Waals surface area contributed by atoms with E-state index < -0.39 is 5.82 Å². The van der Waals surface area contributed by atoms with E-state index in [1.807, 2.05) is 19.0 Å². The van der Waals surface area contributed by atoms with Crippen molar-refractivity contribution < 1.29 is 9.18 Å². The highest BCUT2D eigenvalue weighted by molar-refractivity contribution is 6.31. The Morgan fingerprint density at radius 2 is 2.09 bits per heavy atom. The monoisotopic (exact) mass is 337 g/mol. The van der Waals surface area contributed by atoms with Gasteiger partial charge in [-0.2, -0.15) is 0 Å². The number of hydrogen-bond donors (Lipinski definition) is 2. The van der Waals surface area contributed by atoms with Gasteiger partial charge >= 0.3 is 0 Å². The Morgan fingerprint density at radius 3 is 2.78 bits per heavy atom. The van der Waals surface area contributed by atoms with Crippen LogP contribution in [-0.2, 0) is 0 Å². The lowest BCUT2D eigenvalue weighted by atomic mass is 10.3. The van der Waals surface area contributed by atoms with Gasteiger partial charge in [-0.05, 0) is 32.3 Å². The smallest absolute Gasteiger partial charge is 0.270 e. The predicted molar refractivity (Wildman–Crippen MR) is 87.6 cm³/mol. The maximum Gasteiger partial charge on any atom is 0.270 e. The lowest BCUT2D eigenvalue weighted by molar-refractivity contribution is 0.0946. The van der Waals surface area contributed by atoms with Crippen LogP contribution in [0.4, 0.5) is 15.9 Å². The molecule has 23 heavy (non-hydrogen) atoms. The molecule has 122 valence electrons. The van der Waals surface area contributed by atoms with Crippen molar-refractivity contribution in [3.63, 3.8) is 0 Å². The van der Waals surface area contributed by atoms with Gasteiger partial charge in [0.05, 0.1) is 5.02 Å². The summed E-state index contributed by atoms with van der Waals surface area (Å²) in [4.78, 5) is 22.0. The maximum atomic E-state index is 13.1. The third kappa shape index (κ3) is 5.15. The van der Waals surface area contributed by atoms with E-state index >= 15 is 0 Å². The van der Waals surface area contributed by atoms with Crippen molar-refractivity contribution in [3.05, 3.63) is 47.1 Å². The average molecular weight is 338 g/mol. The van der Waals surface area contributed by atoms with E-state index in [1.165, 1.54) is 30.6 Å². The summed E-state index contributed by atoms with van der Waals surface area (Å²) >= 11 is 5.73. The van der Waals surface area contributed by atoms with Gasteiger partial charge in [-0.1, -0.05) is 11.6 Å². The number of anilines is 2. The Labute approximate surface area is 138 Å². The van der Waals surface area contributed by atoms with Crippen LogP contribution in [-0.4, -0.2) is 48.0 Å². The molecular formula is C15H17ClFN5O. The largest absolute Gasteiger partial charge is 0.349 e. The topological polar surface area (TPSA) is 70.2 Å². The fourth-order valence-electron chi connectivity index (χ4n) is 1.76. The SMILES string of the molecule is CN(C)CCNC(=O)c1cc(Nc2ccc(F)c(Cl)c2)ncn1. The third-order valence-electron chi connectivity index (χ3n) is 2.94. The molecule has 0 spiro atoms. The van der Waals surface area contributed by atoms with Gasteiger partial charge in [-0.15, -0.1) is 0 Å². The molecule has 1 aromatic carbocycles. The molecule has 0 aliphatic heterocycles. The molecule has 8 heteroatoms. The summed E-state index contributed by atoms with van der Waals surface area (Å²) < 4.78 is 13.1. The molecule has 0 aliphatic rings. The van der Waals surface area contributed by atoms with Crippen LogP contribution in [0.3, 0.4) is 0 Å². The Bertz CT molecular complexity index is 695. The number of nitrogens with one attached hydrogen (secondary N) is 2. The molecular weight excluding hydrogens is 321 g/mol. The van der Waals surface area contributed by atoms with Crippen LogP contribution in [0.15, 0.2) is 30.6 Å². The molecule has 0 aliphatic carbocycles. The zero-order valence-corrected chi connectivity index (χ0v) is 13.6. The molecule has 0 unspecified atom stereocenters. The first-order valence-corrected chi connectivity index (χ1v) is 7.30.